The smallest absolute Gasteiger partial charge is 0.235 e. The van der Waals surface area contributed by atoms with E-state index in [0.29, 0.717) is 6.42 Å². The van der Waals surface area contributed by atoms with Gasteiger partial charge in [0.05, 0.1) is 5.75 Å². The topological polar surface area (TPSA) is 105 Å². The fourth-order valence-electron chi connectivity index (χ4n) is 2.33. The van der Waals surface area contributed by atoms with Gasteiger partial charge in [0, 0.05) is 17.1 Å². The molecular weight excluding hydrogens is 302 g/mol. The number of benzene rings is 1. The van der Waals surface area contributed by atoms with E-state index in [9.17, 15) is 13.2 Å². The zero-order valence-electron chi connectivity index (χ0n) is 12.5. The van der Waals surface area contributed by atoms with Crippen LogP contribution >= 0.6 is 0 Å². The largest absolute Gasteiger partial charge is 0.368 e. The number of nitrogens with one attached hydrogen (secondary N) is 2. The summed E-state index contributed by atoms with van der Waals surface area (Å²) in [5.74, 6) is -0.674. The molecule has 0 fully saturated rings. The zero-order valence-corrected chi connectivity index (χ0v) is 13.3. The van der Waals surface area contributed by atoms with Crippen LogP contribution in [0.3, 0.4) is 0 Å². The lowest BCUT2D eigenvalue weighted by molar-refractivity contribution is -0.119. The van der Waals surface area contributed by atoms with Crippen LogP contribution in [-0.4, -0.2) is 31.1 Å². The maximum atomic E-state index is 12.0. The molecule has 1 amide bonds. The number of H-pyrrole nitrogens is 1. The lowest BCUT2D eigenvalue weighted by Gasteiger charge is -2.15. The van der Waals surface area contributed by atoms with Crippen molar-refractivity contribution in [1.29, 1.82) is 0 Å². The number of rotatable bonds is 8. The van der Waals surface area contributed by atoms with Gasteiger partial charge in [0.25, 0.3) is 0 Å². The van der Waals surface area contributed by atoms with Crippen molar-refractivity contribution >= 4 is 26.8 Å². The Morgan fingerprint density at radius 2 is 2.09 bits per heavy atom. The fourth-order valence-corrected chi connectivity index (χ4v) is 3.75. The van der Waals surface area contributed by atoms with Crippen LogP contribution in [0.25, 0.3) is 10.9 Å². The molecule has 1 aromatic carbocycles. The minimum atomic E-state index is -3.51. The molecule has 1 atom stereocenters. The van der Waals surface area contributed by atoms with Crippen LogP contribution in [0.2, 0.25) is 0 Å². The van der Waals surface area contributed by atoms with Gasteiger partial charge in [-0.15, -0.1) is 0 Å². The number of para-hydroxylation sites is 1. The SMILES string of the molecule is CCCCS(=O)(=O)N[C@@H](Cc1c[nH]c2ccccc12)C(N)=O. The third-order valence-corrected chi connectivity index (χ3v) is 5.00. The fraction of sp³-hybridized carbons (Fsp3) is 0.400. The predicted molar refractivity (Wildman–Crippen MR) is 86.8 cm³/mol. The first-order valence-electron chi connectivity index (χ1n) is 7.27. The number of carbonyl (C=O) groups excluding carboxylic acids is 1. The van der Waals surface area contributed by atoms with Crippen molar-refractivity contribution in [3.63, 3.8) is 0 Å². The lowest BCUT2D eigenvalue weighted by Crippen LogP contribution is -2.46. The molecular formula is C15H21N3O3S. The van der Waals surface area contributed by atoms with Gasteiger partial charge in [0.2, 0.25) is 15.9 Å². The van der Waals surface area contributed by atoms with E-state index in [0.717, 1.165) is 22.9 Å². The van der Waals surface area contributed by atoms with Crippen molar-refractivity contribution in [2.45, 2.75) is 32.2 Å². The Morgan fingerprint density at radius 3 is 2.77 bits per heavy atom. The minimum Gasteiger partial charge on any atom is -0.368 e. The van der Waals surface area contributed by atoms with Crippen molar-refractivity contribution in [1.82, 2.24) is 9.71 Å². The van der Waals surface area contributed by atoms with Crippen LogP contribution in [0.5, 0.6) is 0 Å². The van der Waals surface area contributed by atoms with Crippen LogP contribution in [0, 0.1) is 0 Å². The first-order chi connectivity index (χ1) is 10.4. The van der Waals surface area contributed by atoms with Crippen LogP contribution in [0.15, 0.2) is 30.5 Å². The molecule has 0 radical (unpaired) electrons. The Hall–Kier alpha value is -1.86. The minimum absolute atomic E-state index is 0.00116. The van der Waals surface area contributed by atoms with Gasteiger partial charge >= 0.3 is 0 Å². The highest BCUT2D eigenvalue weighted by Gasteiger charge is 2.23. The zero-order chi connectivity index (χ0) is 16.2. The molecule has 0 saturated heterocycles. The van der Waals surface area contributed by atoms with E-state index in [1.165, 1.54) is 0 Å². The standard InChI is InChI=1S/C15H21N3O3S/c1-2-3-8-22(20,21)18-14(15(16)19)9-11-10-17-13-7-5-4-6-12(11)13/h4-7,10,14,17-18H,2-3,8-9H2,1H3,(H2,16,19)/t14-/m0/s1. The number of fused-ring (bicyclic) bond motifs is 1. The molecule has 0 aliphatic carbocycles. The Bertz CT molecular complexity index is 752. The molecule has 2 rings (SSSR count). The van der Waals surface area contributed by atoms with E-state index in [1.807, 2.05) is 31.2 Å². The molecule has 1 aromatic heterocycles. The molecule has 4 N–H and O–H groups in total. The molecule has 1 heterocycles. The monoisotopic (exact) mass is 323 g/mol. The number of unbranched alkanes of at least 4 members (excludes halogenated alkanes) is 1. The summed E-state index contributed by atoms with van der Waals surface area (Å²) in [7, 11) is -3.51. The van der Waals surface area contributed by atoms with Gasteiger partial charge in [0.15, 0.2) is 0 Å². The number of hydrogen-bond donors (Lipinski definition) is 3. The molecule has 2 aromatic rings. The molecule has 0 aliphatic heterocycles. The first-order valence-corrected chi connectivity index (χ1v) is 8.92. The summed E-state index contributed by atoms with van der Waals surface area (Å²) in [6.07, 6.45) is 3.32. The summed E-state index contributed by atoms with van der Waals surface area (Å²) < 4.78 is 26.4. The number of amides is 1. The second-order valence-electron chi connectivity index (χ2n) is 5.31. The van der Waals surface area contributed by atoms with Gasteiger partial charge in [-0.2, -0.15) is 0 Å². The third kappa shape index (κ3) is 4.08. The average molecular weight is 323 g/mol. The van der Waals surface area contributed by atoms with Crippen molar-refractivity contribution < 1.29 is 13.2 Å². The van der Waals surface area contributed by atoms with Crippen LogP contribution in [0.4, 0.5) is 0 Å². The number of hydrogen-bond acceptors (Lipinski definition) is 3. The molecule has 7 heteroatoms. The molecule has 0 aliphatic rings. The molecule has 6 nitrogen and oxygen atoms in total. The number of aromatic nitrogens is 1. The van der Waals surface area contributed by atoms with Crippen molar-refractivity contribution in [2.24, 2.45) is 5.73 Å². The van der Waals surface area contributed by atoms with E-state index in [1.54, 1.807) is 6.20 Å². The maximum Gasteiger partial charge on any atom is 0.235 e. The summed E-state index contributed by atoms with van der Waals surface area (Å²) in [5.41, 5.74) is 7.16. The lowest BCUT2D eigenvalue weighted by atomic mass is 10.1. The first kappa shape index (κ1) is 16.5. The number of primary amides is 1. The van der Waals surface area contributed by atoms with Crippen molar-refractivity contribution in [2.75, 3.05) is 5.75 Å². The Balaban J connectivity index is 2.17. The number of aromatic amines is 1. The Labute approximate surface area is 130 Å². The van der Waals surface area contributed by atoms with Crippen LogP contribution in [0.1, 0.15) is 25.3 Å². The summed E-state index contributed by atoms with van der Waals surface area (Å²) in [5, 5.41) is 0.960. The van der Waals surface area contributed by atoms with E-state index in [4.69, 9.17) is 5.73 Å². The number of sulfonamides is 1. The van der Waals surface area contributed by atoms with Crippen molar-refractivity contribution in [3.8, 4) is 0 Å². The van der Waals surface area contributed by atoms with E-state index in [-0.39, 0.29) is 12.2 Å². The number of nitrogens with two attached hydrogens (primary N) is 1. The summed E-state index contributed by atoms with van der Waals surface area (Å²) in [6, 6.07) is 6.70. The maximum absolute atomic E-state index is 12.0. The van der Waals surface area contributed by atoms with Crippen LogP contribution in [-0.2, 0) is 21.2 Å². The second kappa shape index (κ2) is 6.93. The van der Waals surface area contributed by atoms with Gasteiger partial charge in [-0.25, -0.2) is 13.1 Å². The molecule has 0 unspecified atom stereocenters. The van der Waals surface area contributed by atoms with Gasteiger partial charge in [-0.3, -0.25) is 4.79 Å². The molecule has 0 saturated carbocycles. The second-order valence-corrected chi connectivity index (χ2v) is 7.18. The van der Waals surface area contributed by atoms with Gasteiger partial charge in [0.1, 0.15) is 6.04 Å². The van der Waals surface area contributed by atoms with Gasteiger partial charge < -0.3 is 10.7 Å². The van der Waals surface area contributed by atoms with E-state index < -0.39 is 22.0 Å². The van der Waals surface area contributed by atoms with Crippen molar-refractivity contribution in [3.05, 3.63) is 36.0 Å². The molecule has 0 bridgehead atoms. The average Bonchev–Trinajstić information content (AvgIpc) is 2.88. The molecule has 0 spiro atoms. The normalized spacial score (nSPS) is 13.3. The number of carbonyl (C=O) groups is 1. The summed E-state index contributed by atoms with van der Waals surface area (Å²) in [4.78, 5) is 14.7. The Kier molecular flexibility index (Phi) is 5.20. The highest BCUT2D eigenvalue weighted by molar-refractivity contribution is 7.89. The Morgan fingerprint density at radius 1 is 1.36 bits per heavy atom. The third-order valence-electron chi connectivity index (χ3n) is 3.53. The van der Waals surface area contributed by atoms with Gasteiger partial charge in [-0.05, 0) is 24.5 Å². The van der Waals surface area contributed by atoms with E-state index >= 15 is 0 Å². The van der Waals surface area contributed by atoms with Gasteiger partial charge in [-0.1, -0.05) is 31.5 Å². The van der Waals surface area contributed by atoms with Crippen LogP contribution < -0.4 is 10.5 Å². The quantitative estimate of drug-likeness (QED) is 0.681. The molecule has 22 heavy (non-hydrogen) atoms. The highest BCUT2D eigenvalue weighted by atomic mass is 32.2. The molecule has 120 valence electrons. The summed E-state index contributed by atoms with van der Waals surface area (Å²) in [6.45, 7) is 1.91. The summed E-state index contributed by atoms with van der Waals surface area (Å²) >= 11 is 0. The highest BCUT2D eigenvalue weighted by Crippen LogP contribution is 2.19. The predicted octanol–water partition coefficient (Wildman–Crippen LogP) is 1.28. The van der Waals surface area contributed by atoms with E-state index in [2.05, 4.69) is 9.71 Å².